The Hall–Kier alpha value is -4.63. The van der Waals surface area contributed by atoms with Gasteiger partial charge in [-0.1, -0.05) is 48.5 Å². The van der Waals surface area contributed by atoms with Crippen LogP contribution in [0.5, 0.6) is 0 Å². The van der Waals surface area contributed by atoms with Crippen LogP contribution in [0.3, 0.4) is 0 Å². The number of aromatic amines is 1. The number of H-pyrrole nitrogens is 1. The summed E-state index contributed by atoms with van der Waals surface area (Å²) in [5.74, 6) is 0.584. The molecule has 6 rings (SSSR count). The topological polar surface area (TPSA) is 75.0 Å². The van der Waals surface area contributed by atoms with Gasteiger partial charge in [0, 0.05) is 36.1 Å². The molecule has 0 spiro atoms. The maximum atomic E-state index is 14.6. The van der Waals surface area contributed by atoms with Crippen molar-refractivity contribution in [1.82, 2.24) is 34.4 Å². The second-order valence-corrected chi connectivity index (χ2v) is 9.36. The lowest BCUT2D eigenvalue weighted by molar-refractivity contribution is 0.432. The molecule has 0 aliphatic rings. The van der Waals surface area contributed by atoms with Crippen molar-refractivity contribution in [1.29, 1.82) is 0 Å². The zero-order valence-electron chi connectivity index (χ0n) is 21.1. The highest BCUT2D eigenvalue weighted by molar-refractivity contribution is 6.04. The fraction of sp³-hybridized carbons (Fsp3) is 0.103. The van der Waals surface area contributed by atoms with E-state index in [-0.39, 0.29) is 5.82 Å². The summed E-state index contributed by atoms with van der Waals surface area (Å²) < 4.78 is 16.3. The summed E-state index contributed by atoms with van der Waals surface area (Å²) in [4.78, 5) is 19.6. The predicted octanol–water partition coefficient (Wildman–Crippen LogP) is 4.85. The first-order chi connectivity index (χ1) is 18.5. The van der Waals surface area contributed by atoms with Gasteiger partial charge >= 0.3 is 0 Å². The molecule has 1 N–H and O–H groups in total. The van der Waals surface area contributed by atoms with Gasteiger partial charge in [-0.25, -0.2) is 18.9 Å². The molecule has 0 saturated heterocycles. The molecule has 4 aromatic heterocycles. The maximum absolute atomic E-state index is 14.6. The van der Waals surface area contributed by atoms with Crippen molar-refractivity contribution in [3.05, 3.63) is 114 Å². The van der Waals surface area contributed by atoms with Crippen LogP contribution in [0.15, 0.2) is 91.4 Å². The Morgan fingerprint density at radius 2 is 1.71 bits per heavy atom. The summed E-state index contributed by atoms with van der Waals surface area (Å²) in [5, 5.41) is 4.28. The van der Waals surface area contributed by atoms with Crippen LogP contribution in [-0.2, 0) is 13.1 Å². The lowest BCUT2D eigenvalue weighted by atomic mass is 9.98. The number of pyridine rings is 2. The van der Waals surface area contributed by atoms with E-state index in [0.29, 0.717) is 18.7 Å². The normalized spacial score (nSPS) is 11.4. The van der Waals surface area contributed by atoms with E-state index in [0.717, 1.165) is 50.9 Å². The average molecular weight is 501 g/mol. The van der Waals surface area contributed by atoms with Gasteiger partial charge in [0.15, 0.2) is 13.6 Å². The van der Waals surface area contributed by atoms with Crippen molar-refractivity contribution in [2.45, 2.75) is 20.0 Å². The first-order valence-electron chi connectivity index (χ1n) is 12.4. The van der Waals surface area contributed by atoms with Gasteiger partial charge in [-0.3, -0.25) is 4.98 Å². The Bertz CT molecular complexity index is 1740. The van der Waals surface area contributed by atoms with E-state index in [1.165, 1.54) is 12.4 Å². The van der Waals surface area contributed by atoms with Crippen LogP contribution in [0.2, 0.25) is 0 Å². The number of nitrogens with one attached hydrogen (secondary N) is 1. The third kappa shape index (κ3) is 4.71. The lowest BCUT2D eigenvalue weighted by Gasteiger charge is -2.18. The molecule has 0 aliphatic heterocycles. The minimum absolute atomic E-state index is 0.224. The van der Waals surface area contributed by atoms with Crippen LogP contribution in [-0.4, -0.2) is 42.3 Å². The molecule has 0 bridgehead atoms. The SMILES string of the molecule is BN(Cc1nc(-c2cccc(C)n2)c(-c2ccc3ncnn3c2)[nH]1)Cc1ccccc1-c1ccccc1F. The van der Waals surface area contributed by atoms with E-state index < -0.39 is 0 Å². The van der Waals surface area contributed by atoms with Crippen molar-refractivity contribution in [3.63, 3.8) is 0 Å². The molecule has 0 fully saturated rings. The van der Waals surface area contributed by atoms with Crippen LogP contribution >= 0.6 is 0 Å². The summed E-state index contributed by atoms with van der Waals surface area (Å²) in [7, 11) is 2.03. The monoisotopic (exact) mass is 501 g/mol. The molecule has 0 saturated carbocycles. The van der Waals surface area contributed by atoms with Gasteiger partial charge in [0.1, 0.15) is 23.7 Å². The fourth-order valence-electron chi connectivity index (χ4n) is 4.73. The van der Waals surface area contributed by atoms with Crippen LogP contribution in [0.1, 0.15) is 17.1 Å². The Balaban J connectivity index is 1.33. The van der Waals surface area contributed by atoms with Gasteiger partial charge in [-0.15, -0.1) is 0 Å². The first kappa shape index (κ1) is 23.8. The van der Waals surface area contributed by atoms with Crippen LogP contribution in [0, 0.1) is 12.7 Å². The number of aromatic nitrogens is 6. The number of fused-ring (bicyclic) bond motifs is 1. The number of nitrogens with zero attached hydrogens (tertiary/aromatic N) is 6. The second kappa shape index (κ2) is 10.0. The van der Waals surface area contributed by atoms with Gasteiger partial charge in [0.2, 0.25) is 0 Å². The fourth-order valence-corrected chi connectivity index (χ4v) is 4.73. The molecule has 7 nitrogen and oxygen atoms in total. The summed E-state index contributed by atoms with van der Waals surface area (Å²) in [6, 6.07) is 24.7. The van der Waals surface area contributed by atoms with Gasteiger partial charge in [0.25, 0.3) is 0 Å². The Kier molecular flexibility index (Phi) is 6.27. The molecule has 0 unspecified atom stereocenters. The quantitative estimate of drug-likeness (QED) is 0.317. The molecule has 4 heterocycles. The molecule has 9 heteroatoms. The number of hydrogen-bond donors (Lipinski definition) is 1. The van der Waals surface area contributed by atoms with E-state index in [1.54, 1.807) is 10.6 Å². The molecule has 38 heavy (non-hydrogen) atoms. The van der Waals surface area contributed by atoms with Crippen LogP contribution in [0.4, 0.5) is 4.39 Å². The average Bonchev–Trinajstić information content (AvgIpc) is 3.56. The maximum Gasteiger partial charge on any atom is 0.186 e. The number of benzene rings is 2. The highest BCUT2D eigenvalue weighted by Gasteiger charge is 2.18. The third-order valence-corrected chi connectivity index (χ3v) is 6.49. The van der Waals surface area contributed by atoms with Gasteiger partial charge in [0.05, 0.1) is 11.4 Å². The zero-order valence-corrected chi connectivity index (χ0v) is 21.1. The van der Waals surface area contributed by atoms with Crippen LogP contribution in [0.25, 0.3) is 39.4 Å². The summed E-state index contributed by atoms with van der Waals surface area (Å²) in [6.07, 6.45) is 3.47. The predicted molar refractivity (Wildman–Crippen MR) is 148 cm³/mol. The molecule has 2 aromatic carbocycles. The zero-order chi connectivity index (χ0) is 26.1. The number of hydrogen-bond acceptors (Lipinski definition) is 5. The molecule has 6 aromatic rings. The van der Waals surface area contributed by atoms with Crippen molar-refractivity contribution in [3.8, 4) is 33.8 Å². The van der Waals surface area contributed by atoms with E-state index in [2.05, 4.69) is 19.9 Å². The summed E-state index contributed by atoms with van der Waals surface area (Å²) >= 11 is 0. The highest BCUT2D eigenvalue weighted by Crippen LogP contribution is 2.31. The molecule has 186 valence electrons. The Labute approximate surface area is 220 Å². The van der Waals surface area contributed by atoms with E-state index in [4.69, 9.17) is 9.97 Å². The van der Waals surface area contributed by atoms with Gasteiger partial charge in [-0.05, 0) is 48.4 Å². The molecular formula is C29H25BFN7. The molecule has 0 amide bonds. The standard InChI is InChI=1S/C29H25BFN7/c1-19-7-6-12-25(34-19)29-28(21-13-14-27-32-18-33-38(27)16-21)35-26(36-29)17-37(30)15-20-8-2-3-9-22(20)23-10-4-5-11-24(23)31/h2-14,16,18H,15,17,30H2,1H3,(H,35,36). The van der Waals surface area contributed by atoms with E-state index >= 15 is 0 Å². The molecular weight excluding hydrogens is 476 g/mol. The highest BCUT2D eigenvalue weighted by atomic mass is 19.1. The van der Waals surface area contributed by atoms with E-state index in [1.807, 2.05) is 87.8 Å². The smallest absolute Gasteiger partial charge is 0.186 e. The number of rotatable bonds is 7. The van der Waals surface area contributed by atoms with Crippen molar-refractivity contribution in [2.24, 2.45) is 0 Å². The van der Waals surface area contributed by atoms with Gasteiger partial charge < -0.3 is 9.79 Å². The minimum atomic E-state index is -0.224. The van der Waals surface area contributed by atoms with Crippen molar-refractivity contribution >= 4 is 13.6 Å². The largest absolute Gasteiger partial charge is 0.340 e. The summed E-state index contributed by atoms with van der Waals surface area (Å²) in [5.41, 5.74) is 7.63. The van der Waals surface area contributed by atoms with E-state index in [9.17, 15) is 4.39 Å². The number of aryl methyl sites for hydroxylation is 1. The lowest BCUT2D eigenvalue weighted by Crippen LogP contribution is -2.20. The summed E-state index contributed by atoms with van der Waals surface area (Å²) in [6.45, 7) is 3.17. The molecule has 0 atom stereocenters. The Morgan fingerprint density at radius 1 is 0.895 bits per heavy atom. The number of halogens is 1. The van der Waals surface area contributed by atoms with Gasteiger partial charge in [-0.2, -0.15) is 5.10 Å². The molecule has 0 aliphatic carbocycles. The van der Waals surface area contributed by atoms with Crippen molar-refractivity contribution < 1.29 is 4.39 Å². The van der Waals surface area contributed by atoms with Crippen molar-refractivity contribution in [2.75, 3.05) is 0 Å². The van der Waals surface area contributed by atoms with Crippen LogP contribution < -0.4 is 0 Å². The molecule has 0 radical (unpaired) electrons. The first-order valence-corrected chi connectivity index (χ1v) is 12.4. The minimum Gasteiger partial charge on any atom is -0.340 e. The second-order valence-electron chi connectivity index (χ2n) is 9.36. The number of imidazole rings is 1. The third-order valence-electron chi connectivity index (χ3n) is 6.49. The Morgan fingerprint density at radius 3 is 2.55 bits per heavy atom.